The lowest BCUT2D eigenvalue weighted by Gasteiger charge is -2.28. The van der Waals surface area contributed by atoms with Gasteiger partial charge in [0.25, 0.3) is 0 Å². The fourth-order valence-corrected chi connectivity index (χ4v) is 2.21. The quantitative estimate of drug-likeness (QED) is 0.743. The van der Waals surface area contributed by atoms with Gasteiger partial charge >= 0.3 is 0 Å². The zero-order valence-corrected chi connectivity index (χ0v) is 10.0. The first kappa shape index (κ1) is 9.96. The van der Waals surface area contributed by atoms with Gasteiger partial charge in [-0.25, -0.2) is 0 Å². The summed E-state index contributed by atoms with van der Waals surface area (Å²) in [6.07, 6.45) is 1.40. The van der Waals surface area contributed by atoms with Crippen LogP contribution in [0.2, 0.25) is 0 Å². The lowest BCUT2D eigenvalue weighted by Crippen LogP contribution is -2.33. The number of ketones is 1. The standard InChI is InChI=1S/C11H12INO/c12-9-2-1-3-10(8-9)13-6-4-11(14)5-7-13/h1-3,8H,4-7H2. The molecule has 2 rings (SSSR count). The number of hydrogen-bond donors (Lipinski definition) is 0. The number of rotatable bonds is 1. The van der Waals surface area contributed by atoms with Gasteiger partial charge in [0.2, 0.25) is 0 Å². The van der Waals surface area contributed by atoms with E-state index in [1.165, 1.54) is 9.26 Å². The molecule has 1 fully saturated rings. The van der Waals surface area contributed by atoms with E-state index >= 15 is 0 Å². The minimum absolute atomic E-state index is 0.395. The number of anilines is 1. The van der Waals surface area contributed by atoms with Crippen molar-refractivity contribution in [2.75, 3.05) is 18.0 Å². The van der Waals surface area contributed by atoms with Gasteiger partial charge < -0.3 is 4.90 Å². The van der Waals surface area contributed by atoms with Crippen molar-refractivity contribution in [1.82, 2.24) is 0 Å². The van der Waals surface area contributed by atoms with E-state index in [9.17, 15) is 4.79 Å². The molecule has 0 bridgehead atoms. The molecule has 0 unspecified atom stereocenters. The third-order valence-corrected chi connectivity index (χ3v) is 3.17. The van der Waals surface area contributed by atoms with Gasteiger partial charge in [-0.1, -0.05) is 6.07 Å². The number of piperidine rings is 1. The molecule has 1 saturated heterocycles. The number of hydrogen-bond acceptors (Lipinski definition) is 2. The smallest absolute Gasteiger partial charge is 0.136 e. The third kappa shape index (κ3) is 2.26. The van der Waals surface area contributed by atoms with Crippen LogP contribution in [0.3, 0.4) is 0 Å². The number of carbonyl (C=O) groups is 1. The minimum Gasteiger partial charge on any atom is -0.371 e. The van der Waals surface area contributed by atoms with E-state index in [1.807, 2.05) is 0 Å². The Kier molecular flexibility index (Phi) is 3.05. The molecule has 74 valence electrons. The van der Waals surface area contributed by atoms with Crippen molar-refractivity contribution in [3.8, 4) is 0 Å². The van der Waals surface area contributed by atoms with Crippen LogP contribution >= 0.6 is 22.6 Å². The van der Waals surface area contributed by atoms with E-state index < -0.39 is 0 Å². The van der Waals surface area contributed by atoms with Crippen LogP contribution in [0.25, 0.3) is 0 Å². The highest BCUT2D eigenvalue weighted by molar-refractivity contribution is 14.1. The normalized spacial score (nSPS) is 17.2. The molecule has 0 aliphatic carbocycles. The van der Waals surface area contributed by atoms with Crippen LogP contribution in [0.4, 0.5) is 5.69 Å². The molecule has 0 spiro atoms. The highest BCUT2D eigenvalue weighted by Gasteiger charge is 2.16. The summed E-state index contributed by atoms with van der Waals surface area (Å²) in [5.41, 5.74) is 1.24. The van der Waals surface area contributed by atoms with E-state index in [2.05, 4.69) is 51.8 Å². The van der Waals surface area contributed by atoms with E-state index in [1.54, 1.807) is 0 Å². The first-order chi connectivity index (χ1) is 6.75. The Hall–Kier alpha value is -0.580. The van der Waals surface area contributed by atoms with Crippen molar-refractivity contribution in [3.05, 3.63) is 27.8 Å². The molecule has 0 N–H and O–H groups in total. The van der Waals surface area contributed by atoms with Gasteiger partial charge in [-0.2, -0.15) is 0 Å². The highest BCUT2D eigenvalue weighted by Crippen LogP contribution is 2.20. The van der Waals surface area contributed by atoms with Crippen LogP contribution in [0.15, 0.2) is 24.3 Å². The monoisotopic (exact) mass is 301 g/mol. The molecule has 1 heterocycles. The number of halogens is 1. The Morgan fingerprint density at radius 1 is 1.21 bits per heavy atom. The van der Waals surface area contributed by atoms with Gasteiger partial charge in [0.1, 0.15) is 5.78 Å². The molecular formula is C11H12INO. The minimum atomic E-state index is 0.395. The summed E-state index contributed by atoms with van der Waals surface area (Å²) < 4.78 is 1.25. The summed E-state index contributed by atoms with van der Waals surface area (Å²) in [5, 5.41) is 0. The molecule has 0 saturated carbocycles. The first-order valence-corrected chi connectivity index (χ1v) is 5.86. The van der Waals surface area contributed by atoms with Crippen molar-refractivity contribution in [1.29, 1.82) is 0 Å². The van der Waals surface area contributed by atoms with Crippen LogP contribution in [-0.2, 0) is 4.79 Å². The summed E-state index contributed by atoms with van der Waals surface area (Å²) in [6, 6.07) is 8.42. The number of nitrogens with zero attached hydrogens (tertiary/aromatic N) is 1. The molecule has 1 aliphatic rings. The molecule has 2 nitrogen and oxygen atoms in total. The topological polar surface area (TPSA) is 20.3 Å². The lowest BCUT2D eigenvalue weighted by atomic mass is 10.1. The summed E-state index contributed by atoms with van der Waals surface area (Å²) in [5.74, 6) is 0.395. The van der Waals surface area contributed by atoms with Gasteiger partial charge in [0.05, 0.1) is 0 Å². The van der Waals surface area contributed by atoms with E-state index in [-0.39, 0.29) is 0 Å². The molecule has 0 atom stereocenters. The van der Waals surface area contributed by atoms with Crippen molar-refractivity contribution < 1.29 is 4.79 Å². The number of Topliss-reactive ketones (excluding diaryl/α,β-unsaturated/α-hetero) is 1. The average molecular weight is 301 g/mol. The van der Waals surface area contributed by atoms with Gasteiger partial charge in [0.15, 0.2) is 0 Å². The van der Waals surface area contributed by atoms with Crippen LogP contribution in [0.5, 0.6) is 0 Å². The maximum absolute atomic E-state index is 11.1. The summed E-state index contributed by atoms with van der Waals surface area (Å²) in [6.45, 7) is 1.75. The molecular weight excluding hydrogens is 289 g/mol. The molecule has 1 aliphatic heterocycles. The average Bonchev–Trinajstić information content (AvgIpc) is 2.19. The third-order valence-electron chi connectivity index (χ3n) is 2.49. The summed E-state index contributed by atoms with van der Waals surface area (Å²) >= 11 is 2.31. The van der Waals surface area contributed by atoms with Crippen molar-refractivity contribution in [2.24, 2.45) is 0 Å². The fraction of sp³-hybridized carbons (Fsp3) is 0.364. The largest absolute Gasteiger partial charge is 0.371 e. The highest BCUT2D eigenvalue weighted by atomic mass is 127. The predicted octanol–water partition coefficient (Wildman–Crippen LogP) is 2.46. The Morgan fingerprint density at radius 3 is 2.57 bits per heavy atom. The Morgan fingerprint density at radius 2 is 1.93 bits per heavy atom. The maximum atomic E-state index is 11.1. The van der Waals surface area contributed by atoms with Crippen molar-refractivity contribution in [3.63, 3.8) is 0 Å². The van der Waals surface area contributed by atoms with Crippen LogP contribution in [0.1, 0.15) is 12.8 Å². The number of carbonyl (C=O) groups excluding carboxylic acids is 1. The molecule has 0 radical (unpaired) electrons. The zero-order valence-electron chi connectivity index (χ0n) is 7.87. The Balaban J connectivity index is 2.12. The van der Waals surface area contributed by atoms with Crippen LogP contribution in [0, 0.1) is 3.57 Å². The number of benzene rings is 1. The van der Waals surface area contributed by atoms with Crippen molar-refractivity contribution >= 4 is 34.1 Å². The molecule has 1 aromatic carbocycles. The fourth-order valence-electron chi connectivity index (χ4n) is 1.69. The van der Waals surface area contributed by atoms with E-state index in [0.717, 1.165) is 13.1 Å². The van der Waals surface area contributed by atoms with Gasteiger partial charge in [-0.15, -0.1) is 0 Å². The van der Waals surface area contributed by atoms with Crippen molar-refractivity contribution in [2.45, 2.75) is 12.8 Å². The summed E-state index contributed by atoms with van der Waals surface area (Å²) in [4.78, 5) is 13.4. The molecule has 3 heteroatoms. The first-order valence-electron chi connectivity index (χ1n) is 4.78. The second-order valence-corrected chi connectivity index (χ2v) is 4.75. The maximum Gasteiger partial charge on any atom is 0.136 e. The van der Waals surface area contributed by atoms with Gasteiger partial charge in [0, 0.05) is 35.2 Å². The molecule has 0 aromatic heterocycles. The Bertz CT molecular complexity index is 341. The van der Waals surface area contributed by atoms with Crippen LogP contribution in [-0.4, -0.2) is 18.9 Å². The predicted molar refractivity (Wildman–Crippen MR) is 65.6 cm³/mol. The molecule has 0 amide bonds. The molecule has 14 heavy (non-hydrogen) atoms. The SMILES string of the molecule is O=C1CCN(c2cccc(I)c2)CC1. The van der Waals surface area contributed by atoms with Gasteiger partial charge in [-0.05, 0) is 40.8 Å². The second-order valence-electron chi connectivity index (χ2n) is 3.51. The van der Waals surface area contributed by atoms with Gasteiger partial charge in [-0.3, -0.25) is 4.79 Å². The Labute approximate surface area is 97.4 Å². The molecule has 1 aromatic rings. The second kappa shape index (κ2) is 4.29. The van der Waals surface area contributed by atoms with E-state index in [0.29, 0.717) is 18.6 Å². The summed E-state index contributed by atoms with van der Waals surface area (Å²) in [7, 11) is 0. The zero-order chi connectivity index (χ0) is 9.97. The van der Waals surface area contributed by atoms with E-state index in [4.69, 9.17) is 0 Å². The lowest BCUT2D eigenvalue weighted by molar-refractivity contribution is -0.119. The van der Waals surface area contributed by atoms with Crippen LogP contribution < -0.4 is 4.90 Å².